The van der Waals surface area contributed by atoms with E-state index in [-0.39, 0.29) is 5.78 Å². The van der Waals surface area contributed by atoms with Gasteiger partial charge in [0.1, 0.15) is 5.82 Å². The Labute approximate surface area is 187 Å². The molecule has 0 spiro atoms. The summed E-state index contributed by atoms with van der Waals surface area (Å²) in [7, 11) is 0. The molecule has 0 atom stereocenters. The molecule has 6 nitrogen and oxygen atoms in total. The van der Waals surface area contributed by atoms with E-state index in [1.165, 1.54) is 0 Å². The zero-order valence-electron chi connectivity index (χ0n) is 18.0. The van der Waals surface area contributed by atoms with Crippen molar-refractivity contribution in [2.75, 3.05) is 13.2 Å². The van der Waals surface area contributed by atoms with Crippen LogP contribution in [0.25, 0.3) is 22.3 Å². The number of aromatic nitrogens is 4. The molecule has 162 valence electrons. The monoisotopic (exact) mass is 426 g/mol. The summed E-state index contributed by atoms with van der Waals surface area (Å²) in [6.45, 7) is 1.64. The van der Waals surface area contributed by atoms with Crippen LogP contribution in [0.3, 0.4) is 0 Å². The minimum Gasteiger partial charge on any atom is -0.381 e. The van der Waals surface area contributed by atoms with Gasteiger partial charge in [-0.05, 0) is 67.1 Å². The third kappa shape index (κ3) is 4.75. The van der Waals surface area contributed by atoms with Gasteiger partial charge in [0.15, 0.2) is 5.78 Å². The highest BCUT2D eigenvalue weighted by molar-refractivity contribution is 5.99. The van der Waals surface area contributed by atoms with Crippen molar-refractivity contribution >= 4 is 16.7 Å². The van der Waals surface area contributed by atoms with Crippen LogP contribution in [0.2, 0.25) is 0 Å². The number of Topliss-reactive ketones (excluding diaryl/α,β-unsaturated/α-hetero) is 1. The Bertz CT molecular complexity index is 1210. The van der Waals surface area contributed by atoms with E-state index in [1.807, 2.05) is 36.4 Å². The summed E-state index contributed by atoms with van der Waals surface area (Å²) in [5, 5.41) is 1.04. The number of carbonyl (C=O) groups is 1. The van der Waals surface area contributed by atoms with Gasteiger partial charge in [-0.25, -0.2) is 9.97 Å². The maximum atomic E-state index is 12.7. The van der Waals surface area contributed by atoms with E-state index < -0.39 is 0 Å². The molecule has 1 aliphatic rings. The fourth-order valence-corrected chi connectivity index (χ4v) is 4.27. The van der Waals surface area contributed by atoms with Crippen molar-refractivity contribution in [3.63, 3.8) is 0 Å². The van der Waals surface area contributed by atoms with E-state index in [0.29, 0.717) is 24.5 Å². The lowest BCUT2D eigenvalue weighted by molar-refractivity contribution is 0.0619. The van der Waals surface area contributed by atoms with E-state index >= 15 is 0 Å². The van der Waals surface area contributed by atoms with Crippen LogP contribution in [-0.2, 0) is 11.2 Å². The number of ether oxygens (including phenoxy) is 1. The summed E-state index contributed by atoms with van der Waals surface area (Å²) in [6.07, 6.45) is 7.80. The number of ketones is 1. The highest BCUT2D eigenvalue weighted by Gasteiger charge is 2.17. The number of pyridine rings is 1. The first-order valence-electron chi connectivity index (χ1n) is 11.2. The summed E-state index contributed by atoms with van der Waals surface area (Å²) in [5.41, 5.74) is 4.43. The second-order valence-corrected chi connectivity index (χ2v) is 8.37. The molecule has 6 heteroatoms. The molecule has 0 amide bonds. The Kier molecular flexibility index (Phi) is 6.03. The summed E-state index contributed by atoms with van der Waals surface area (Å²) in [5.74, 6) is 1.53. The highest BCUT2D eigenvalue weighted by Crippen LogP contribution is 2.24. The molecule has 5 rings (SSSR count). The Morgan fingerprint density at radius 1 is 1.00 bits per heavy atom. The number of nitrogens with zero attached hydrogens (tertiary/aromatic N) is 3. The highest BCUT2D eigenvalue weighted by atomic mass is 16.5. The first kappa shape index (κ1) is 20.5. The number of H-pyrrole nitrogens is 1. The van der Waals surface area contributed by atoms with Gasteiger partial charge < -0.3 is 9.72 Å². The molecule has 1 saturated heterocycles. The number of hydrogen-bond acceptors (Lipinski definition) is 5. The van der Waals surface area contributed by atoms with Crippen molar-refractivity contribution in [1.82, 2.24) is 19.9 Å². The molecule has 0 saturated carbocycles. The molecule has 1 aliphatic heterocycles. The smallest absolute Gasteiger partial charge is 0.179 e. The van der Waals surface area contributed by atoms with Crippen LogP contribution in [0, 0.1) is 5.92 Å². The van der Waals surface area contributed by atoms with Crippen LogP contribution in [0.1, 0.15) is 47.6 Å². The number of aromatic amines is 1. The average molecular weight is 427 g/mol. The molecular formula is C26H26N4O2. The number of carbonyl (C=O) groups excluding carboxylic acids is 1. The first-order valence-corrected chi connectivity index (χ1v) is 11.2. The first-order chi connectivity index (χ1) is 15.7. The SMILES string of the molecule is O=C(CCC1CCOCC1)c1cc2cc(Cc3nccc(-c4ccccn4)n3)ccc2[nH]1. The van der Waals surface area contributed by atoms with Gasteiger partial charge >= 0.3 is 0 Å². The Hall–Kier alpha value is -3.38. The molecule has 3 aromatic heterocycles. The fraction of sp³-hybridized carbons (Fsp3) is 0.308. The van der Waals surface area contributed by atoms with Crippen LogP contribution in [-0.4, -0.2) is 38.9 Å². The fourth-order valence-electron chi connectivity index (χ4n) is 4.27. The molecule has 1 N–H and O–H groups in total. The number of hydrogen-bond donors (Lipinski definition) is 1. The van der Waals surface area contributed by atoms with E-state index in [9.17, 15) is 4.79 Å². The van der Waals surface area contributed by atoms with Crippen LogP contribution >= 0.6 is 0 Å². The van der Waals surface area contributed by atoms with Crippen molar-refractivity contribution in [1.29, 1.82) is 0 Å². The minimum atomic E-state index is 0.181. The Morgan fingerprint density at radius 2 is 1.91 bits per heavy atom. The zero-order chi connectivity index (χ0) is 21.8. The number of rotatable bonds is 7. The predicted octanol–water partition coefficient (Wildman–Crippen LogP) is 5.00. The quantitative estimate of drug-likeness (QED) is 0.421. The van der Waals surface area contributed by atoms with Gasteiger partial charge in [0.2, 0.25) is 0 Å². The maximum Gasteiger partial charge on any atom is 0.179 e. The summed E-state index contributed by atoms with van der Waals surface area (Å²) >= 11 is 0. The zero-order valence-corrected chi connectivity index (χ0v) is 18.0. The van der Waals surface area contributed by atoms with Crippen LogP contribution in [0.15, 0.2) is 60.9 Å². The van der Waals surface area contributed by atoms with Gasteiger partial charge in [0, 0.05) is 49.4 Å². The molecular weight excluding hydrogens is 400 g/mol. The topological polar surface area (TPSA) is 80.8 Å². The van der Waals surface area contributed by atoms with E-state index in [4.69, 9.17) is 4.74 Å². The second-order valence-electron chi connectivity index (χ2n) is 8.37. The van der Waals surface area contributed by atoms with Gasteiger partial charge in [-0.1, -0.05) is 12.1 Å². The van der Waals surface area contributed by atoms with Crippen molar-refractivity contribution in [3.05, 3.63) is 78.0 Å². The molecule has 4 heterocycles. The predicted molar refractivity (Wildman–Crippen MR) is 123 cm³/mol. The average Bonchev–Trinajstić information content (AvgIpc) is 3.28. The van der Waals surface area contributed by atoms with E-state index in [0.717, 1.165) is 66.2 Å². The molecule has 0 radical (unpaired) electrons. The Morgan fingerprint density at radius 3 is 2.75 bits per heavy atom. The standard InChI is InChI=1S/C26H26N4O2/c31-25(7-5-18-9-13-32-14-10-18)24-17-20-15-19(4-6-21(20)29-24)16-26-28-12-8-23(30-26)22-3-1-2-11-27-22/h1-4,6,8,11-12,15,17-18,29H,5,7,9-10,13-14,16H2. The van der Waals surface area contributed by atoms with E-state index in [2.05, 4.69) is 32.1 Å². The molecule has 32 heavy (non-hydrogen) atoms. The molecule has 0 bridgehead atoms. The van der Waals surface area contributed by atoms with Gasteiger partial charge in [0.05, 0.1) is 17.1 Å². The lowest BCUT2D eigenvalue weighted by Gasteiger charge is -2.21. The van der Waals surface area contributed by atoms with E-state index in [1.54, 1.807) is 12.4 Å². The largest absolute Gasteiger partial charge is 0.381 e. The number of benzene rings is 1. The van der Waals surface area contributed by atoms with Crippen molar-refractivity contribution in [2.24, 2.45) is 5.92 Å². The number of fused-ring (bicyclic) bond motifs is 1. The summed E-state index contributed by atoms with van der Waals surface area (Å²) in [4.78, 5) is 29.5. The molecule has 1 aromatic carbocycles. The molecule has 4 aromatic rings. The minimum absolute atomic E-state index is 0.181. The van der Waals surface area contributed by atoms with Crippen molar-refractivity contribution in [3.8, 4) is 11.4 Å². The van der Waals surface area contributed by atoms with Gasteiger partial charge in [-0.2, -0.15) is 0 Å². The Balaban J connectivity index is 1.28. The number of nitrogens with one attached hydrogen (secondary N) is 1. The lowest BCUT2D eigenvalue weighted by atomic mass is 9.93. The molecule has 1 fully saturated rings. The molecule has 0 aliphatic carbocycles. The van der Waals surface area contributed by atoms with Gasteiger partial charge in [-0.15, -0.1) is 0 Å². The van der Waals surface area contributed by atoms with Crippen molar-refractivity contribution in [2.45, 2.75) is 32.1 Å². The van der Waals surface area contributed by atoms with Crippen LogP contribution < -0.4 is 0 Å². The van der Waals surface area contributed by atoms with Gasteiger partial charge in [0.25, 0.3) is 0 Å². The summed E-state index contributed by atoms with van der Waals surface area (Å²) in [6, 6.07) is 15.8. The second kappa shape index (κ2) is 9.40. The van der Waals surface area contributed by atoms with Crippen LogP contribution in [0.5, 0.6) is 0 Å². The lowest BCUT2D eigenvalue weighted by Crippen LogP contribution is -2.16. The van der Waals surface area contributed by atoms with Crippen molar-refractivity contribution < 1.29 is 9.53 Å². The normalized spacial score (nSPS) is 14.6. The van der Waals surface area contributed by atoms with Crippen LogP contribution in [0.4, 0.5) is 0 Å². The third-order valence-corrected chi connectivity index (χ3v) is 6.10. The maximum absolute atomic E-state index is 12.7. The molecule has 0 unspecified atom stereocenters. The van der Waals surface area contributed by atoms with Gasteiger partial charge in [-0.3, -0.25) is 9.78 Å². The summed E-state index contributed by atoms with van der Waals surface area (Å²) < 4.78 is 5.41. The third-order valence-electron chi connectivity index (χ3n) is 6.10.